The third-order valence-corrected chi connectivity index (χ3v) is 5.76. The number of aryl methyl sites for hydroxylation is 1. The maximum Gasteiger partial charge on any atom is 0.260 e. The SMILES string of the molecule is Cc1ccc(N2CC3(COCCN(C(=O)C4(F)CCC4)C3)OCC2=O)cc1. The average Bonchev–Trinajstić information content (AvgIpc) is 2.85. The maximum atomic E-state index is 14.7. The van der Waals surface area contributed by atoms with Crippen LogP contribution in [0.1, 0.15) is 24.8 Å². The molecule has 1 aromatic carbocycles. The molecule has 4 rings (SSSR count). The first-order valence-electron chi connectivity index (χ1n) is 9.48. The molecule has 27 heavy (non-hydrogen) atoms. The molecule has 1 spiro atoms. The van der Waals surface area contributed by atoms with Crippen molar-refractivity contribution in [3.8, 4) is 0 Å². The lowest BCUT2D eigenvalue weighted by Gasteiger charge is -2.44. The molecular formula is C20H25FN2O4. The Labute approximate surface area is 158 Å². The number of hydrogen-bond acceptors (Lipinski definition) is 4. The zero-order chi connectivity index (χ0) is 19.1. The summed E-state index contributed by atoms with van der Waals surface area (Å²) in [4.78, 5) is 28.3. The van der Waals surface area contributed by atoms with E-state index in [0.717, 1.165) is 17.7 Å². The van der Waals surface area contributed by atoms with Crippen LogP contribution in [-0.4, -0.2) is 67.4 Å². The molecule has 2 amide bonds. The average molecular weight is 376 g/mol. The second kappa shape index (κ2) is 6.87. The molecular weight excluding hydrogens is 351 g/mol. The Balaban J connectivity index is 1.55. The van der Waals surface area contributed by atoms with Gasteiger partial charge in [0, 0.05) is 12.2 Å². The van der Waals surface area contributed by atoms with Gasteiger partial charge in [-0.1, -0.05) is 17.7 Å². The van der Waals surface area contributed by atoms with E-state index in [1.807, 2.05) is 31.2 Å². The summed E-state index contributed by atoms with van der Waals surface area (Å²) >= 11 is 0. The quantitative estimate of drug-likeness (QED) is 0.790. The molecule has 3 fully saturated rings. The van der Waals surface area contributed by atoms with Crippen LogP contribution in [0.15, 0.2) is 24.3 Å². The second-order valence-corrected chi connectivity index (χ2v) is 7.89. The zero-order valence-electron chi connectivity index (χ0n) is 15.6. The molecule has 1 atom stereocenters. The molecule has 0 aromatic heterocycles. The summed E-state index contributed by atoms with van der Waals surface area (Å²) in [6.07, 6.45) is 1.31. The minimum Gasteiger partial charge on any atom is -0.376 e. The van der Waals surface area contributed by atoms with Crippen LogP contribution in [0.25, 0.3) is 0 Å². The van der Waals surface area contributed by atoms with Gasteiger partial charge in [0.05, 0.1) is 26.3 Å². The maximum absolute atomic E-state index is 14.7. The van der Waals surface area contributed by atoms with E-state index in [1.165, 1.54) is 4.90 Å². The van der Waals surface area contributed by atoms with Gasteiger partial charge in [0.15, 0.2) is 5.67 Å². The van der Waals surface area contributed by atoms with E-state index in [4.69, 9.17) is 9.47 Å². The molecule has 3 aliphatic rings. The zero-order valence-corrected chi connectivity index (χ0v) is 15.6. The van der Waals surface area contributed by atoms with E-state index >= 15 is 0 Å². The monoisotopic (exact) mass is 376 g/mol. The van der Waals surface area contributed by atoms with Crippen molar-refractivity contribution >= 4 is 17.5 Å². The molecule has 0 bridgehead atoms. The number of halogens is 1. The molecule has 2 heterocycles. The highest BCUT2D eigenvalue weighted by molar-refractivity contribution is 5.95. The summed E-state index contributed by atoms with van der Waals surface area (Å²) in [5.74, 6) is -0.603. The highest BCUT2D eigenvalue weighted by atomic mass is 19.1. The van der Waals surface area contributed by atoms with Gasteiger partial charge in [-0.3, -0.25) is 9.59 Å². The fourth-order valence-corrected chi connectivity index (χ4v) is 3.92. The fourth-order valence-electron chi connectivity index (χ4n) is 3.92. The van der Waals surface area contributed by atoms with Crippen LogP contribution < -0.4 is 4.90 Å². The molecule has 2 aliphatic heterocycles. The van der Waals surface area contributed by atoms with Crippen LogP contribution in [0.2, 0.25) is 0 Å². The molecule has 6 nitrogen and oxygen atoms in total. The summed E-state index contributed by atoms with van der Waals surface area (Å²) in [5, 5.41) is 0. The van der Waals surface area contributed by atoms with Gasteiger partial charge in [0.1, 0.15) is 12.2 Å². The number of anilines is 1. The van der Waals surface area contributed by atoms with Crippen molar-refractivity contribution in [3.05, 3.63) is 29.8 Å². The number of hydrogen-bond donors (Lipinski definition) is 0. The first kappa shape index (κ1) is 18.4. The molecule has 1 unspecified atom stereocenters. The van der Waals surface area contributed by atoms with E-state index < -0.39 is 17.2 Å². The second-order valence-electron chi connectivity index (χ2n) is 7.89. The van der Waals surface area contributed by atoms with Crippen LogP contribution >= 0.6 is 0 Å². The summed E-state index contributed by atoms with van der Waals surface area (Å²) in [5.41, 5.74) is -0.689. The van der Waals surface area contributed by atoms with Gasteiger partial charge in [-0.15, -0.1) is 0 Å². The number of nitrogens with zero attached hydrogens (tertiary/aromatic N) is 2. The Morgan fingerprint density at radius 3 is 2.59 bits per heavy atom. The Kier molecular flexibility index (Phi) is 4.68. The van der Waals surface area contributed by atoms with E-state index in [-0.39, 0.29) is 45.1 Å². The molecule has 0 N–H and O–H groups in total. The lowest BCUT2D eigenvalue weighted by atomic mass is 9.80. The predicted molar refractivity (Wildman–Crippen MR) is 97.3 cm³/mol. The first-order valence-corrected chi connectivity index (χ1v) is 9.48. The van der Waals surface area contributed by atoms with Crippen molar-refractivity contribution < 1.29 is 23.5 Å². The van der Waals surface area contributed by atoms with E-state index in [0.29, 0.717) is 13.2 Å². The third kappa shape index (κ3) is 3.46. The number of alkyl halides is 1. The predicted octanol–water partition coefficient (Wildman–Crippen LogP) is 1.85. The summed E-state index contributed by atoms with van der Waals surface area (Å²) in [6.45, 7) is 3.36. The normalized spacial score (nSPS) is 28.0. The first-order chi connectivity index (χ1) is 12.9. The fraction of sp³-hybridized carbons (Fsp3) is 0.600. The van der Waals surface area contributed by atoms with E-state index in [9.17, 15) is 14.0 Å². The topological polar surface area (TPSA) is 59.1 Å². The largest absolute Gasteiger partial charge is 0.376 e. The van der Waals surface area contributed by atoms with Gasteiger partial charge >= 0.3 is 0 Å². The van der Waals surface area contributed by atoms with Crippen LogP contribution in [0.3, 0.4) is 0 Å². The van der Waals surface area contributed by atoms with Crippen LogP contribution in [0.5, 0.6) is 0 Å². The van der Waals surface area contributed by atoms with Crippen molar-refractivity contribution in [3.63, 3.8) is 0 Å². The lowest BCUT2D eigenvalue weighted by molar-refractivity contribution is -0.158. The molecule has 7 heteroatoms. The smallest absolute Gasteiger partial charge is 0.260 e. The molecule has 1 saturated carbocycles. The molecule has 1 aliphatic carbocycles. The molecule has 146 valence electrons. The van der Waals surface area contributed by atoms with Gasteiger partial charge < -0.3 is 19.3 Å². The van der Waals surface area contributed by atoms with Crippen molar-refractivity contribution in [1.82, 2.24) is 4.90 Å². The Morgan fingerprint density at radius 2 is 1.93 bits per heavy atom. The number of carbonyl (C=O) groups is 2. The van der Waals surface area contributed by atoms with Crippen molar-refractivity contribution in [2.24, 2.45) is 0 Å². The van der Waals surface area contributed by atoms with Crippen LogP contribution in [-0.2, 0) is 19.1 Å². The van der Waals surface area contributed by atoms with Crippen LogP contribution in [0, 0.1) is 6.92 Å². The van der Waals surface area contributed by atoms with Gasteiger partial charge in [-0.05, 0) is 38.3 Å². The van der Waals surface area contributed by atoms with Gasteiger partial charge in [0.25, 0.3) is 11.8 Å². The van der Waals surface area contributed by atoms with Crippen molar-refractivity contribution in [2.45, 2.75) is 37.5 Å². The van der Waals surface area contributed by atoms with Gasteiger partial charge in [0.2, 0.25) is 0 Å². The number of ether oxygens (including phenoxy) is 2. The minimum absolute atomic E-state index is 0.0833. The highest BCUT2D eigenvalue weighted by Gasteiger charge is 2.50. The number of morpholine rings is 1. The number of carbonyl (C=O) groups excluding carboxylic acids is 2. The standard InChI is InChI=1S/C20H25FN2O4/c1-15-3-5-16(6-4-15)23-13-19(27-11-17(23)24)12-22(9-10-26-14-19)18(25)20(21)7-2-8-20/h3-6H,2,7-14H2,1H3. The third-order valence-electron chi connectivity index (χ3n) is 5.76. The summed E-state index contributed by atoms with van der Waals surface area (Å²) in [7, 11) is 0. The van der Waals surface area contributed by atoms with Crippen molar-refractivity contribution in [1.29, 1.82) is 0 Å². The number of amides is 2. The highest BCUT2D eigenvalue weighted by Crippen LogP contribution is 2.38. The van der Waals surface area contributed by atoms with Crippen molar-refractivity contribution in [2.75, 3.05) is 44.4 Å². The molecule has 0 radical (unpaired) electrons. The van der Waals surface area contributed by atoms with E-state index in [2.05, 4.69) is 0 Å². The van der Waals surface area contributed by atoms with Crippen LogP contribution in [0.4, 0.5) is 10.1 Å². The minimum atomic E-state index is -1.74. The molecule has 2 saturated heterocycles. The van der Waals surface area contributed by atoms with Gasteiger partial charge in [-0.2, -0.15) is 0 Å². The summed E-state index contributed by atoms with van der Waals surface area (Å²) < 4.78 is 26.3. The Morgan fingerprint density at radius 1 is 1.19 bits per heavy atom. The summed E-state index contributed by atoms with van der Waals surface area (Å²) in [6, 6.07) is 7.70. The number of benzene rings is 1. The Bertz CT molecular complexity index is 734. The lowest BCUT2D eigenvalue weighted by Crippen LogP contribution is -2.62. The van der Waals surface area contributed by atoms with E-state index in [1.54, 1.807) is 4.90 Å². The van der Waals surface area contributed by atoms with Gasteiger partial charge in [-0.25, -0.2) is 4.39 Å². The Hall–Kier alpha value is -1.99. The molecule has 1 aromatic rings. The number of rotatable bonds is 2.